The third-order valence-corrected chi connectivity index (χ3v) is 4.25. The zero-order valence-corrected chi connectivity index (χ0v) is 12.8. The minimum atomic E-state index is -0.265. The number of morpholine rings is 1. The molecule has 1 aromatic carbocycles. The lowest BCUT2D eigenvalue weighted by molar-refractivity contribution is -0.120. The van der Waals surface area contributed by atoms with Crippen molar-refractivity contribution in [2.45, 2.75) is 44.4 Å². The first-order chi connectivity index (χ1) is 10.8. The van der Waals surface area contributed by atoms with Gasteiger partial charge in [0.2, 0.25) is 5.91 Å². The zero-order chi connectivity index (χ0) is 15.2. The van der Waals surface area contributed by atoms with Crippen LogP contribution in [-0.2, 0) is 20.9 Å². The maximum atomic E-state index is 12.1. The van der Waals surface area contributed by atoms with E-state index in [1.807, 2.05) is 24.3 Å². The molecule has 1 saturated heterocycles. The molecular formula is C17H24N2O3. The van der Waals surface area contributed by atoms with Crippen LogP contribution in [0.1, 0.15) is 31.2 Å². The number of nitrogens with one attached hydrogen (secondary N) is 2. The minimum absolute atomic E-state index is 0.0466. The van der Waals surface area contributed by atoms with Crippen molar-refractivity contribution in [3.05, 3.63) is 29.8 Å². The zero-order valence-electron chi connectivity index (χ0n) is 12.8. The van der Waals surface area contributed by atoms with Gasteiger partial charge >= 0.3 is 0 Å². The Hall–Kier alpha value is -1.43. The molecule has 0 aromatic heterocycles. The largest absolute Gasteiger partial charge is 0.378 e. The molecule has 0 bridgehead atoms. The summed E-state index contributed by atoms with van der Waals surface area (Å²) in [7, 11) is 0. The predicted octanol–water partition coefficient (Wildman–Crippen LogP) is 2.07. The highest BCUT2D eigenvalue weighted by Crippen LogP contribution is 2.22. The van der Waals surface area contributed by atoms with Crippen LogP contribution in [0.2, 0.25) is 0 Å². The van der Waals surface area contributed by atoms with Crippen LogP contribution >= 0.6 is 0 Å². The van der Waals surface area contributed by atoms with Gasteiger partial charge in [0, 0.05) is 12.2 Å². The lowest BCUT2D eigenvalue weighted by Crippen LogP contribution is -2.48. The number of carbonyl (C=O) groups is 1. The van der Waals surface area contributed by atoms with E-state index in [1.165, 1.54) is 25.7 Å². The van der Waals surface area contributed by atoms with Crippen molar-refractivity contribution in [3.63, 3.8) is 0 Å². The first-order valence-corrected chi connectivity index (χ1v) is 8.14. The summed E-state index contributed by atoms with van der Waals surface area (Å²) in [6.45, 7) is 2.46. The summed E-state index contributed by atoms with van der Waals surface area (Å²) in [5.41, 5.74) is 1.95. The average molecular weight is 304 g/mol. The molecule has 3 rings (SSSR count). The molecule has 2 fully saturated rings. The molecule has 1 unspecified atom stereocenters. The number of ether oxygens (including phenoxy) is 2. The van der Waals surface area contributed by atoms with E-state index in [2.05, 4.69) is 10.6 Å². The Morgan fingerprint density at radius 2 is 2.05 bits per heavy atom. The van der Waals surface area contributed by atoms with Crippen LogP contribution in [0.5, 0.6) is 0 Å². The van der Waals surface area contributed by atoms with E-state index >= 15 is 0 Å². The molecule has 0 radical (unpaired) electrons. The second kappa shape index (κ2) is 7.72. The number of hydrogen-bond acceptors (Lipinski definition) is 4. The molecule has 1 heterocycles. The topological polar surface area (TPSA) is 59.6 Å². The van der Waals surface area contributed by atoms with Crippen LogP contribution in [0.4, 0.5) is 5.69 Å². The van der Waals surface area contributed by atoms with Gasteiger partial charge in [-0.05, 0) is 30.5 Å². The van der Waals surface area contributed by atoms with E-state index in [9.17, 15) is 4.79 Å². The minimum Gasteiger partial charge on any atom is -0.378 e. The standard InChI is InChI=1S/C17H24N2O3/c20-17(16-12-21-10-9-18-16)19-14-7-5-13(6-8-14)11-22-15-3-1-2-4-15/h5-8,15-16,18H,1-4,9-12H2,(H,19,20). The van der Waals surface area contributed by atoms with E-state index in [1.54, 1.807) is 0 Å². The number of amides is 1. The molecule has 1 saturated carbocycles. The lowest BCUT2D eigenvalue weighted by atomic mass is 10.2. The Labute approximate surface area is 131 Å². The fourth-order valence-electron chi connectivity index (χ4n) is 2.92. The lowest BCUT2D eigenvalue weighted by Gasteiger charge is -2.22. The quantitative estimate of drug-likeness (QED) is 0.874. The van der Waals surface area contributed by atoms with Crippen molar-refractivity contribution in [2.75, 3.05) is 25.1 Å². The first kappa shape index (κ1) is 15.5. The highest BCUT2D eigenvalue weighted by Gasteiger charge is 2.21. The highest BCUT2D eigenvalue weighted by molar-refractivity contribution is 5.95. The van der Waals surface area contributed by atoms with Crippen molar-refractivity contribution in [2.24, 2.45) is 0 Å². The average Bonchev–Trinajstić information content (AvgIpc) is 3.08. The molecule has 1 amide bonds. The second-order valence-electron chi connectivity index (χ2n) is 5.99. The second-order valence-corrected chi connectivity index (χ2v) is 5.99. The van der Waals surface area contributed by atoms with Gasteiger partial charge in [-0.1, -0.05) is 25.0 Å². The Morgan fingerprint density at radius 1 is 1.27 bits per heavy atom. The van der Waals surface area contributed by atoms with Crippen LogP contribution in [0.3, 0.4) is 0 Å². The molecule has 0 spiro atoms. The van der Waals surface area contributed by atoms with Gasteiger partial charge in [0.05, 0.1) is 25.9 Å². The fraction of sp³-hybridized carbons (Fsp3) is 0.588. The molecule has 5 nitrogen and oxygen atoms in total. The van der Waals surface area contributed by atoms with Crippen LogP contribution in [0, 0.1) is 0 Å². The van der Waals surface area contributed by atoms with Gasteiger partial charge in [0.1, 0.15) is 6.04 Å². The number of anilines is 1. The van der Waals surface area contributed by atoms with Gasteiger partial charge in [-0.25, -0.2) is 0 Å². The Bertz CT molecular complexity index is 477. The van der Waals surface area contributed by atoms with Crippen LogP contribution in [-0.4, -0.2) is 37.8 Å². The smallest absolute Gasteiger partial charge is 0.243 e. The molecule has 2 N–H and O–H groups in total. The molecule has 5 heteroatoms. The summed E-state index contributed by atoms with van der Waals surface area (Å²) < 4.78 is 11.2. The number of carbonyl (C=O) groups excluding carboxylic acids is 1. The van der Waals surface area contributed by atoms with Gasteiger partial charge in [0.25, 0.3) is 0 Å². The Kier molecular flexibility index (Phi) is 5.43. The van der Waals surface area contributed by atoms with E-state index < -0.39 is 0 Å². The summed E-state index contributed by atoms with van der Waals surface area (Å²) in [6.07, 6.45) is 5.37. The molecule has 1 atom stereocenters. The van der Waals surface area contributed by atoms with Crippen molar-refractivity contribution >= 4 is 11.6 Å². The van der Waals surface area contributed by atoms with E-state index in [0.717, 1.165) is 17.8 Å². The van der Waals surface area contributed by atoms with Crippen LogP contribution < -0.4 is 10.6 Å². The summed E-state index contributed by atoms with van der Waals surface area (Å²) in [6, 6.07) is 7.60. The monoisotopic (exact) mass is 304 g/mol. The molecule has 120 valence electrons. The van der Waals surface area contributed by atoms with E-state index in [0.29, 0.717) is 25.9 Å². The fourth-order valence-corrected chi connectivity index (χ4v) is 2.92. The van der Waals surface area contributed by atoms with Crippen LogP contribution in [0.25, 0.3) is 0 Å². The Morgan fingerprint density at radius 3 is 2.73 bits per heavy atom. The molecule has 2 aliphatic rings. The first-order valence-electron chi connectivity index (χ1n) is 8.14. The highest BCUT2D eigenvalue weighted by atomic mass is 16.5. The summed E-state index contributed by atoms with van der Waals surface area (Å²) >= 11 is 0. The molecular weight excluding hydrogens is 280 g/mol. The number of rotatable bonds is 5. The molecule has 22 heavy (non-hydrogen) atoms. The molecule has 1 aliphatic carbocycles. The maximum Gasteiger partial charge on any atom is 0.243 e. The van der Waals surface area contributed by atoms with Crippen LogP contribution in [0.15, 0.2) is 24.3 Å². The van der Waals surface area contributed by atoms with Gasteiger partial charge < -0.3 is 20.1 Å². The number of benzene rings is 1. The third-order valence-electron chi connectivity index (χ3n) is 4.25. The van der Waals surface area contributed by atoms with Crippen molar-refractivity contribution in [3.8, 4) is 0 Å². The molecule has 1 aromatic rings. The van der Waals surface area contributed by atoms with Crippen molar-refractivity contribution in [1.82, 2.24) is 5.32 Å². The summed E-state index contributed by atoms with van der Waals surface area (Å²) in [5, 5.41) is 6.06. The van der Waals surface area contributed by atoms with Gasteiger partial charge in [-0.2, -0.15) is 0 Å². The SMILES string of the molecule is O=C(Nc1ccc(COC2CCCC2)cc1)C1COCCN1. The van der Waals surface area contributed by atoms with E-state index in [4.69, 9.17) is 9.47 Å². The predicted molar refractivity (Wildman–Crippen MR) is 84.7 cm³/mol. The van der Waals surface area contributed by atoms with Gasteiger partial charge in [-0.15, -0.1) is 0 Å². The summed E-state index contributed by atoms with van der Waals surface area (Å²) in [4.78, 5) is 12.1. The number of hydrogen-bond donors (Lipinski definition) is 2. The van der Waals surface area contributed by atoms with Crippen molar-refractivity contribution in [1.29, 1.82) is 0 Å². The maximum absolute atomic E-state index is 12.1. The van der Waals surface area contributed by atoms with Crippen molar-refractivity contribution < 1.29 is 14.3 Å². The van der Waals surface area contributed by atoms with E-state index in [-0.39, 0.29) is 11.9 Å². The Balaban J connectivity index is 1.47. The third kappa shape index (κ3) is 4.29. The van der Waals surface area contributed by atoms with Gasteiger partial charge in [-0.3, -0.25) is 4.79 Å². The molecule has 1 aliphatic heterocycles. The summed E-state index contributed by atoms with van der Waals surface area (Å²) in [5.74, 6) is -0.0466. The normalized spacial score (nSPS) is 22.6. The van der Waals surface area contributed by atoms with Gasteiger partial charge in [0.15, 0.2) is 0 Å².